The zero-order chi connectivity index (χ0) is 21.8. The topological polar surface area (TPSA) is 86.3 Å². The number of benzene rings is 1. The molecule has 0 radical (unpaired) electrons. The van der Waals surface area contributed by atoms with Crippen molar-refractivity contribution in [1.29, 1.82) is 0 Å². The molecule has 3 aromatic rings. The van der Waals surface area contributed by atoms with Crippen LogP contribution in [0, 0.1) is 0 Å². The molecular formula is C23H29N5O3. The fourth-order valence-electron chi connectivity index (χ4n) is 3.63. The number of carbonyl (C=O) groups excluding carboxylic acids is 1. The highest BCUT2D eigenvalue weighted by molar-refractivity contribution is 5.76. The zero-order valence-electron chi connectivity index (χ0n) is 18.3. The minimum atomic E-state index is -0.101. The van der Waals surface area contributed by atoms with E-state index >= 15 is 0 Å². The van der Waals surface area contributed by atoms with E-state index in [0.29, 0.717) is 37.8 Å². The highest BCUT2D eigenvalue weighted by Gasteiger charge is 2.28. The number of para-hydroxylation sites is 1. The number of rotatable bonds is 6. The molecule has 4 rings (SSSR count). The van der Waals surface area contributed by atoms with Crippen LogP contribution in [0.2, 0.25) is 0 Å². The second-order valence-electron chi connectivity index (χ2n) is 8.87. The average molecular weight is 424 g/mol. The Morgan fingerprint density at radius 1 is 1.19 bits per heavy atom. The predicted molar refractivity (Wildman–Crippen MR) is 116 cm³/mol. The maximum absolute atomic E-state index is 12.5. The van der Waals surface area contributed by atoms with Crippen LogP contribution < -0.4 is 4.74 Å². The number of amides is 1. The van der Waals surface area contributed by atoms with E-state index in [1.165, 1.54) is 0 Å². The van der Waals surface area contributed by atoms with E-state index < -0.39 is 0 Å². The van der Waals surface area contributed by atoms with Gasteiger partial charge < -0.3 is 14.2 Å². The normalized spacial score (nSPS) is 15.3. The van der Waals surface area contributed by atoms with Crippen molar-refractivity contribution < 1.29 is 14.1 Å². The largest absolute Gasteiger partial charge is 0.493 e. The molecule has 0 bridgehead atoms. The first-order valence-corrected chi connectivity index (χ1v) is 10.7. The van der Waals surface area contributed by atoms with Crippen LogP contribution in [0.15, 0.2) is 47.2 Å². The summed E-state index contributed by atoms with van der Waals surface area (Å²) in [6.07, 6.45) is 5.70. The van der Waals surface area contributed by atoms with Crippen molar-refractivity contribution in [3.05, 3.63) is 48.6 Å². The summed E-state index contributed by atoms with van der Waals surface area (Å²) in [6, 6.07) is 9.56. The number of hydrogen-bond acceptors (Lipinski definition) is 6. The molecule has 8 heteroatoms. The molecule has 0 aliphatic carbocycles. The van der Waals surface area contributed by atoms with Gasteiger partial charge in [-0.25, -0.2) is 0 Å². The quantitative estimate of drug-likeness (QED) is 0.598. The SMILES string of the molecule is CC(C)(C)n1cc(-c2noc(C3CCN(C(=O)CCOc4ccccc4)CC3)n2)cn1. The fourth-order valence-corrected chi connectivity index (χ4v) is 3.63. The first-order valence-electron chi connectivity index (χ1n) is 10.7. The third-order valence-electron chi connectivity index (χ3n) is 5.49. The third kappa shape index (κ3) is 5.13. The van der Waals surface area contributed by atoms with Crippen molar-refractivity contribution in [1.82, 2.24) is 24.8 Å². The van der Waals surface area contributed by atoms with Crippen LogP contribution in [-0.4, -0.2) is 50.4 Å². The van der Waals surface area contributed by atoms with E-state index in [-0.39, 0.29) is 17.4 Å². The molecule has 164 valence electrons. The van der Waals surface area contributed by atoms with Crippen LogP contribution in [0.3, 0.4) is 0 Å². The first kappa shape index (κ1) is 21.1. The monoisotopic (exact) mass is 423 g/mol. The molecule has 1 aromatic carbocycles. The van der Waals surface area contributed by atoms with E-state index in [0.717, 1.165) is 24.2 Å². The van der Waals surface area contributed by atoms with Gasteiger partial charge >= 0.3 is 0 Å². The minimum absolute atomic E-state index is 0.101. The number of aromatic nitrogens is 4. The molecule has 1 aliphatic heterocycles. The van der Waals surface area contributed by atoms with Gasteiger partial charge in [0.05, 0.1) is 30.3 Å². The standard InChI is InChI=1S/C23H29N5O3/c1-23(2,3)28-16-18(15-24-28)21-25-22(31-26-21)17-9-12-27(13-10-17)20(29)11-14-30-19-7-5-4-6-8-19/h4-8,15-17H,9-14H2,1-3H3. The summed E-state index contributed by atoms with van der Waals surface area (Å²) in [5.74, 6) is 2.27. The number of ether oxygens (including phenoxy) is 1. The summed E-state index contributed by atoms with van der Waals surface area (Å²) < 4.78 is 13.1. The molecule has 2 aromatic heterocycles. The van der Waals surface area contributed by atoms with Crippen molar-refractivity contribution >= 4 is 5.91 Å². The van der Waals surface area contributed by atoms with Gasteiger partial charge in [-0.3, -0.25) is 9.48 Å². The summed E-state index contributed by atoms with van der Waals surface area (Å²) >= 11 is 0. The van der Waals surface area contributed by atoms with Crippen molar-refractivity contribution in [2.45, 2.75) is 51.5 Å². The van der Waals surface area contributed by atoms with Crippen LogP contribution in [-0.2, 0) is 10.3 Å². The third-order valence-corrected chi connectivity index (χ3v) is 5.49. The van der Waals surface area contributed by atoms with E-state index in [1.807, 2.05) is 46.1 Å². The highest BCUT2D eigenvalue weighted by atomic mass is 16.5. The number of hydrogen-bond donors (Lipinski definition) is 0. The first-order chi connectivity index (χ1) is 14.9. The van der Waals surface area contributed by atoms with Crippen molar-refractivity contribution in [2.75, 3.05) is 19.7 Å². The lowest BCUT2D eigenvalue weighted by molar-refractivity contribution is -0.132. The molecule has 0 unspecified atom stereocenters. The van der Waals surface area contributed by atoms with Gasteiger partial charge in [0, 0.05) is 25.2 Å². The van der Waals surface area contributed by atoms with Crippen LogP contribution in [0.1, 0.15) is 51.8 Å². The van der Waals surface area contributed by atoms with Crippen LogP contribution >= 0.6 is 0 Å². The van der Waals surface area contributed by atoms with E-state index in [9.17, 15) is 4.79 Å². The Morgan fingerprint density at radius 3 is 2.61 bits per heavy atom. The van der Waals surface area contributed by atoms with Crippen LogP contribution in [0.25, 0.3) is 11.4 Å². The number of likely N-dealkylation sites (tertiary alicyclic amines) is 1. The molecule has 0 N–H and O–H groups in total. The smallest absolute Gasteiger partial charge is 0.230 e. The summed E-state index contributed by atoms with van der Waals surface area (Å²) in [6.45, 7) is 8.04. The van der Waals surface area contributed by atoms with E-state index in [4.69, 9.17) is 9.26 Å². The summed E-state index contributed by atoms with van der Waals surface area (Å²) in [5.41, 5.74) is 0.743. The second-order valence-corrected chi connectivity index (χ2v) is 8.87. The Balaban J connectivity index is 1.27. The maximum Gasteiger partial charge on any atom is 0.230 e. The summed E-state index contributed by atoms with van der Waals surface area (Å²) in [5, 5.41) is 8.54. The van der Waals surface area contributed by atoms with Crippen molar-refractivity contribution in [3.63, 3.8) is 0 Å². The molecule has 0 atom stereocenters. The Kier molecular flexibility index (Phi) is 6.06. The second kappa shape index (κ2) is 8.91. The zero-order valence-corrected chi connectivity index (χ0v) is 18.3. The molecule has 3 heterocycles. The van der Waals surface area contributed by atoms with Gasteiger partial charge in [0.2, 0.25) is 17.6 Å². The molecule has 1 aliphatic rings. The molecule has 1 fully saturated rings. The maximum atomic E-state index is 12.5. The van der Waals surface area contributed by atoms with Crippen LogP contribution in [0.5, 0.6) is 5.75 Å². The molecule has 8 nitrogen and oxygen atoms in total. The minimum Gasteiger partial charge on any atom is -0.493 e. The molecule has 1 amide bonds. The van der Waals surface area contributed by atoms with E-state index in [2.05, 4.69) is 36.0 Å². The Hall–Kier alpha value is -3.16. The van der Waals surface area contributed by atoms with Gasteiger partial charge in [0.1, 0.15) is 5.75 Å². The molecular weight excluding hydrogens is 394 g/mol. The lowest BCUT2D eigenvalue weighted by Gasteiger charge is -2.30. The highest BCUT2D eigenvalue weighted by Crippen LogP contribution is 2.29. The number of piperidine rings is 1. The average Bonchev–Trinajstić information content (AvgIpc) is 3.44. The van der Waals surface area contributed by atoms with Gasteiger partial charge in [0.15, 0.2) is 0 Å². The lowest BCUT2D eigenvalue weighted by atomic mass is 9.96. The predicted octanol–water partition coefficient (Wildman–Crippen LogP) is 3.86. The lowest BCUT2D eigenvalue weighted by Crippen LogP contribution is -2.38. The van der Waals surface area contributed by atoms with Gasteiger partial charge in [-0.05, 0) is 45.7 Å². The summed E-state index contributed by atoms with van der Waals surface area (Å²) in [4.78, 5) is 19.0. The molecule has 0 saturated carbocycles. The molecule has 1 saturated heterocycles. The Morgan fingerprint density at radius 2 is 1.94 bits per heavy atom. The van der Waals surface area contributed by atoms with Crippen molar-refractivity contribution in [3.8, 4) is 17.1 Å². The number of nitrogens with zero attached hydrogens (tertiary/aromatic N) is 5. The van der Waals surface area contributed by atoms with Gasteiger partial charge in [-0.1, -0.05) is 23.4 Å². The fraction of sp³-hybridized carbons (Fsp3) is 0.478. The van der Waals surface area contributed by atoms with Crippen molar-refractivity contribution in [2.24, 2.45) is 0 Å². The summed E-state index contributed by atoms with van der Waals surface area (Å²) in [7, 11) is 0. The van der Waals surface area contributed by atoms with Gasteiger partial charge in [-0.2, -0.15) is 10.1 Å². The Bertz CT molecular complexity index is 998. The Labute approximate surface area is 182 Å². The van der Waals surface area contributed by atoms with Crippen LogP contribution in [0.4, 0.5) is 0 Å². The van der Waals surface area contributed by atoms with Gasteiger partial charge in [0.25, 0.3) is 0 Å². The van der Waals surface area contributed by atoms with Gasteiger partial charge in [-0.15, -0.1) is 0 Å². The van der Waals surface area contributed by atoms with E-state index in [1.54, 1.807) is 6.20 Å². The number of carbonyl (C=O) groups is 1. The molecule has 31 heavy (non-hydrogen) atoms. The molecule has 0 spiro atoms.